The summed E-state index contributed by atoms with van der Waals surface area (Å²) < 4.78 is 6.60. The van der Waals surface area contributed by atoms with Gasteiger partial charge in [-0.25, -0.2) is 4.79 Å². The van der Waals surface area contributed by atoms with Gasteiger partial charge in [0.2, 0.25) is 0 Å². The number of benzene rings is 1. The van der Waals surface area contributed by atoms with E-state index in [1.807, 2.05) is 45.0 Å². The van der Waals surface area contributed by atoms with Crippen LogP contribution in [0.5, 0.6) is 0 Å². The molecule has 2 rings (SSSR count). The highest BCUT2D eigenvalue weighted by molar-refractivity contribution is 6.06. The van der Waals surface area contributed by atoms with Crippen LogP contribution < -0.4 is 5.32 Å². The Kier molecular flexibility index (Phi) is 6.37. The van der Waals surface area contributed by atoms with E-state index in [0.29, 0.717) is 13.0 Å². The smallest absolute Gasteiger partial charge is 0.328 e. The largest absolute Gasteiger partial charge is 0.467 e. The molecule has 1 unspecified atom stereocenters. The summed E-state index contributed by atoms with van der Waals surface area (Å²) in [4.78, 5) is 24.9. The highest BCUT2D eigenvalue weighted by atomic mass is 16.5. The molecule has 1 aromatic heterocycles. The Bertz CT molecular complexity index is 777. The van der Waals surface area contributed by atoms with Crippen LogP contribution in [0.1, 0.15) is 44.1 Å². The summed E-state index contributed by atoms with van der Waals surface area (Å²) in [5.41, 5.74) is 0.631. The van der Waals surface area contributed by atoms with Gasteiger partial charge in [-0.1, -0.05) is 39.0 Å². The van der Waals surface area contributed by atoms with E-state index in [4.69, 9.17) is 9.84 Å². The van der Waals surface area contributed by atoms with E-state index >= 15 is 0 Å². The summed E-state index contributed by atoms with van der Waals surface area (Å²) >= 11 is 0. The number of nitrogens with one attached hydrogen (secondary N) is 1. The Morgan fingerprint density at radius 3 is 2.58 bits per heavy atom. The van der Waals surface area contributed by atoms with Gasteiger partial charge in [0.1, 0.15) is 6.04 Å². The highest BCUT2D eigenvalue weighted by Gasteiger charge is 2.34. The Hall–Kier alpha value is -2.41. The molecule has 142 valence electrons. The molecule has 26 heavy (non-hydrogen) atoms. The maximum Gasteiger partial charge on any atom is 0.328 e. The number of carbonyl (C=O) groups is 2. The number of amides is 1. The van der Waals surface area contributed by atoms with Crippen LogP contribution in [-0.2, 0) is 16.1 Å². The maximum atomic E-state index is 12.8. The zero-order valence-corrected chi connectivity index (χ0v) is 15.8. The van der Waals surface area contributed by atoms with Gasteiger partial charge in [-0.3, -0.25) is 9.48 Å². The summed E-state index contributed by atoms with van der Waals surface area (Å²) in [6.45, 7) is 6.31. The molecule has 0 aliphatic heterocycles. The van der Waals surface area contributed by atoms with Crippen molar-refractivity contribution in [3.05, 3.63) is 30.0 Å². The minimum absolute atomic E-state index is 0.124. The van der Waals surface area contributed by atoms with E-state index in [9.17, 15) is 9.59 Å². The maximum absolute atomic E-state index is 12.8. The predicted octanol–water partition coefficient (Wildman–Crippen LogP) is 2.13. The van der Waals surface area contributed by atoms with Gasteiger partial charge >= 0.3 is 5.97 Å². The summed E-state index contributed by atoms with van der Waals surface area (Å²) in [5.74, 6) is -0.898. The molecule has 7 nitrogen and oxygen atoms in total. The van der Waals surface area contributed by atoms with E-state index in [0.717, 1.165) is 17.3 Å². The summed E-state index contributed by atoms with van der Waals surface area (Å²) in [6, 6.07) is 6.70. The van der Waals surface area contributed by atoms with Gasteiger partial charge in [0, 0.05) is 18.5 Å². The molecule has 1 heterocycles. The Morgan fingerprint density at radius 2 is 1.96 bits per heavy atom. The molecule has 1 atom stereocenters. The third kappa shape index (κ3) is 4.40. The van der Waals surface area contributed by atoms with Gasteiger partial charge in [-0.15, -0.1) is 0 Å². The van der Waals surface area contributed by atoms with Crippen LogP contribution in [0.4, 0.5) is 0 Å². The molecule has 2 aromatic rings. The molecule has 0 bridgehead atoms. The lowest BCUT2D eigenvalue weighted by Gasteiger charge is -2.28. The number of para-hydroxylation sites is 1. The van der Waals surface area contributed by atoms with Gasteiger partial charge in [-0.05, 0) is 24.3 Å². The van der Waals surface area contributed by atoms with Gasteiger partial charge in [0.15, 0.2) is 5.69 Å². The standard InChI is InChI=1S/C19H27N3O4/c1-19(2,3)16(18(25)26-4)20-17(24)15-13-9-5-6-10-14(13)22(21-15)11-7-8-12-23/h5-6,9-10,16,23H,7-8,11-12H2,1-4H3,(H,20,24). The molecular formula is C19H27N3O4. The lowest BCUT2D eigenvalue weighted by atomic mass is 9.86. The van der Waals surface area contributed by atoms with Crippen LogP contribution in [0, 0.1) is 5.41 Å². The Morgan fingerprint density at radius 1 is 1.27 bits per heavy atom. The van der Waals surface area contributed by atoms with Gasteiger partial charge in [-0.2, -0.15) is 5.10 Å². The first-order chi connectivity index (χ1) is 12.3. The van der Waals surface area contributed by atoms with Crippen LogP contribution in [0.2, 0.25) is 0 Å². The van der Waals surface area contributed by atoms with E-state index in [-0.39, 0.29) is 12.3 Å². The monoisotopic (exact) mass is 361 g/mol. The van der Waals surface area contributed by atoms with E-state index in [1.54, 1.807) is 4.68 Å². The molecule has 2 N–H and O–H groups in total. The minimum Gasteiger partial charge on any atom is -0.467 e. The van der Waals surface area contributed by atoms with Crippen LogP contribution in [-0.4, -0.2) is 46.5 Å². The fourth-order valence-corrected chi connectivity index (χ4v) is 2.79. The molecular weight excluding hydrogens is 334 g/mol. The molecule has 0 aliphatic rings. The number of carbonyl (C=O) groups excluding carboxylic acids is 2. The molecule has 0 saturated carbocycles. The number of hydrogen-bond donors (Lipinski definition) is 2. The fourth-order valence-electron chi connectivity index (χ4n) is 2.79. The van der Waals surface area contributed by atoms with Crippen LogP contribution in [0.25, 0.3) is 10.9 Å². The lowest BCUT2D eigenvalue weighted by Crippen LogP contribution is -2.49. The quantitative estimate of drug-likeness (QED) is 0.582. The number of hydrogen-bond acceptors (Lipinski definition) is 5. The second-order valence-corrected chi connectivity index (χ2v) is 7.32. The number of rotatable bonds is 7. The van der Waals surface area contributed by atoms with Crippen molar-refractivity contribution in [1.29, 1.82) is 0 Å². The zero-order chi connectivity index (χ0) is 19.3. The molecule has 1 aromatic carbocycles. The SMILES string of the molecule is COC(=O)C(NC(=O)c1nn(CCCCO)c2ccccc12)C(C)(C)C. The molecule has 0 radical (unpaired) electrons. The van der Waals surface area contributed by atoms with Crippen LogP contribution in [0.3, 0.4) is 0 Å². The average Bonchev–Trinajstić information content (AvgIpc) is 2.97. The van der Waals surface area contributed by atoms with Crippen LogP contribution in [0.15, 0.2) is 24.3 Å². The topological polar surface area (TPSA) is 93.5 Å². The second-order valence-electron chi connectivity index (χ2n) is 7.32. The first kappa shape index (κ1) is 19.9. The first-order valence-electron chi connectivity index (χ1n) is 8.74. The number of methoxy groups -OCH3 is 1. The van der Waals surface area contributed by atoms with Crippen molar-refractivity contribution in [1.82, 2.24) is 15.1 Å². The molecule has 7 heteroatoms. The molecule has 0 fully saturated rings. The number of aryl methyl sites for hydroxylation is 1. The van der Waals surface area contributed by atoms with Crippen molar-refractivity contribution in [3.63, 3.8) is 0 Å². The number of aliphatic hydroxyl groups excluding tert-OH is 1. The number of unbranched alkanes of at least 4 members (excludes halogenated alkanes) is 1. The van der Waals surface area contributed by atoms with Crippen molar-refractivity contribution < 1.29 is 19.4 Å². The third-order valence-corrected chi connectivity index (χ3v) is 4.23. The number of ether oxygens (including phenoxy) is 1. The normalized spacial score (nSPS) is 12.8. The number of fused-ring (bicyclic) bond motifs is 1. The predicted molar refractivity (Wildman–Crippen MR) is 98.8 cm³/mol. The van der Waals surface area contributed by atoms with E-state index in [2.05, 4.69) is 10.4 Å². The van der Waals surface area contributed by atoms with Crippen molar-refractivity contribution in [2.45, 2.75) is 46.2 Å². The zero-order valence-electron chi connectivity index (χ0n) is 15.8. The van der Waals surface area contributed by atoms with Crippen molar-refractivity contribution >= 4 is 22.8 Å². The highest BCUT2D eigenvalue weighted by Crippen LogP contribution is 2.23. The number of aliphatic hydroxyl groups is 1. The summed E-state index contributed by atoms with van der Waals surface area (Å²) in [6.07, 6.45) is 1.43. The van der Waals surface area contributed by atoms with Crippen molar-refractivity contribution in [2.75, 3.05) is 13.7 Å². The third-order valence-electron chi connectivity index (χ3n) is 4.23. The van der Waals surface area contributed by atoms with E-state index < -0.39 is 23.3 Å². The lowest BCUT2D eigenvalue weighted by molar-refractivity contribution is -0.145. The first-order valence-corrected chi connectivity index (χ1v) is 8.74. The van der Waals surface area contributed by atoms with Crippen molar-refractivity contribution in [2.24, 2.45) is 5.41 Å². The summed E-state index contributed by atoms with van der Waals surface area (Å²) in [5, 5.41) is 16.9. The molecule has 1 amide bonds. The fraction of sp³-hybridized carbons (Fsp3) is 0.526. The number of esters is 1. The van der Waals surface area contributed by atoms with Gasteiger partial charge < -0.3 is 15.2 Å². The van der Waals surface area contributed by atoms with E-state index in [1.165, 1.54) is 7.11 Å². The van der Waals surface area contributed by atoms with Gasteiger partial charge in [0.25, 0.3) is 5.91 Å². The average molecular weight is 361 g/mol. The summed E-state index contributed by atoms with van der Waals surface area (Å²) in [7, 11) is 1.30. The minimum atomic E-state index is -0.779. The van der Waals surface area contributed by atoms with Gasteiger partial charge in [0.05, 0.1) is 12.6 Å². The molecule has 0 spiro atoms. The molecule has 0 saturated heterocycles. The second kappa shape index (κ2) is 8.31. The van der Waals surface area contributed by atoms with Crippen molar-refractivity contribution in [3.8, 4) is 0 Å². The van der Waals surface area contributed by atoms with Crippen LogP contribution >= 0.6 is 0 Å². The Balaban J connectivity index is 2.33. The Labute approximate surface area is 153 Å². The number of nitrogens with zero attached hydrogens (tertiary/aromatic N) is 2. The number of aromatic nitrogens is 2. The molecule has 0 aliphatic carbocycles.